The van der Waals surface area contributed by atoms with Crippen LogP contribution in [0.25, 0.3) is 22.1 Å². The number of aromatic hydroxyl groups is 1. The first-order valence-electron chi connectivity index (χ1n) is 15.1. The Morgan fingerprint density at radius 3 is 2.67 bits per heavy atom. The molecule has 5 N–H and O–H groups in total. The molecule has 1 fully saturated rings. The van der Waals surface area contributed by atoms with Crippen LogP contribution in [0.1, 0.15) is 6.42 Å². The second kappa shape index (κ2) is 14.4. The molecule has 6 rings (SSSR count). The molecule has 0 saturated carbocycles. The van der Waals surface area contributed by atoms with Crippen molar-refractivity contribution in [3.05, 3.63) is 82.5 Å². The van der Waals surface area contributed by atoms with Gasteiger partial charge in [0, 0.05) is 30.8 Å². The van der Waals surface area contributed by atoms with Gasteiger partial charge in [-0.15, -0.1) is 0 Å². The quantitative estimate of drug-likeness (QED) is 0.0724. The zero-order chi connectivity index (χ0) is 34.7. The first-order valence-corrected chi connectivity index (χ1v) is 15.1. The molecule has 0 spiro atoms. The van der Waals surface area contributed by atoms with E-state index in [4.69, 9.17) is 23.5 Å². The highest BCUT2D eigenvalue weighted by atomic mass is 16.8. The summed E-state index contributed by atoms with van der Waals surface area (Å²) < 4.78 is 22.9. The van der Waals surface area contributed by atoms with Crippen molar-refractivity contribution in [2.24, 2.45) is 4.99 Å². The van der Waals surface area contributed by atoms with E-state index in [9.17, 15) is 39.6 Å². The van der Waals surface area contributed by atoms with Crippen LogP contribution in [-0.2, 0) is 28.7 Å². The van der Waals surface area contributed by atoms with Crippen LogP contribution in [0, 0.1) is 0 Å². The van der Waals surface area contributed by atoms with Gasteiger partial charge in [-0.1, -0.05) is 12.1 Å². The third-order valence-corrected chi connectivity index (χ3v) is 7.97. The highest BCUT2D eigenvalue weighted by Crippen LogP contribution is 2.32. The Morgan fingerprint density at radius 2 is 1.94 bits per heavy atom. The summed E-state index contributed by atoms with van der Waals surface area (Å²) in [7, 11) is 0. The maximum Gasteiger partial charge on any atom is 0.334 e. The Kier molecular flexibility index (Phi) is 9.84. The number of hydrogen-bond acceptors (Lipinski definition) is 15. The van der Waals surface area contributed by atoms with Crippen LogP contribution in [-0.4, -0.2) is 106 Å². The predicted octanol–water partition coefficient (Wildman–Crippen LogP) is 0.634. The number of esters is 1. The van der Waals surface area contributed by atoms with Crippen molar-refractivity contribution >= 4 is 35.4 Å². The maximum absolute atomic E-state index is 13.3. The number of phenolic OH excluding ortho intramolecular Hbond substituents is 1. The van der Waals surface area contributed by atoms with Crippen LogP contribution in [0.15, 0.2) is 86.5 Å². The number of benzene rings is 2. The van der Waals surface area contributed by atoms with E-state index in [-0.39, 0.29) is 53.0 Å². The van der Waals surface area contributed by atoms with Crippen LogP contribution in [0.4, 0.5) is 0 Å². The van der Waals surface area contributed by atoms with Gasteiger partial charge in [0.15, 0.2) is 11.5 Å². The number of aliphatic hydroxyl groups is 2. The molecule has 3 aromatic rings. The molecule has 1 saturated heterocycles. The van der Waals surface area contributed by atoms with Gasteiger partial charge in [-0.3, -0.25) is 25.0 Å². The van der Waals surface area contributed by atoms with Crippen molar-refractivity contribution in [1.29, 1.82) is 0 Å². The van der Waals surface area contributed by atoms with Crippen molar-refractivity contribution in [1.82, 2.24) is 10.4 Å². The van der Waals surface area contributed by atoms with Crippen molar-refractivity contribution < 1.29 is 58.3 Å². The molecule has 2 aromatic carbocycles. The van der Waals surface area contributed by atoms with E-state index < -0.39 is 55.3 Å². The molecule has 16 heteroatoms. The molecule has 49 heavy (non-hydrogen) atoms. The number of ether oxygens (including phenoxy) is 3. The lowest BCUT2D eigenvalue weighted by atomic mass is 9.99. The topological polar surface area (TPSA) is 227 Å². The normalized spacial score (nSPS) is 23.5. The van der Waals surface area contributed by atoms with Gasteiger partial charge in [0.2, 0.25) is 12.3 Å². The van der Waals surface area contributed by atoms with Crippen LogP contribution in [0.2, 0.25) is 0 Å². The minimum absolute atomic E-state index is 0.0385. The number of aliphatic carboxylic acids is 1. The fourth-order valence-electron chi connectivity index (χ4n) is 5.41. The Balaban J connectivity index is 1.22. The molecule has 4 heterocycles. The fourth-order valence-corrected chi connectivity index (χ4v) is 5.41. The number of aliphatic hydroxyl groups excluding tert-OH is 2. The molecule has 256 valence electrons. The predicted molar refractivity (Wildman–Crippen MR) is 168 cm³/mol. The second-order valence-electron chi connectivity index (χ2n) is 11.3. The molecular formula is C33H31N3O13. The molecule has 3 aliphatic rings. The summed E-state index contributed by atoms with van der Waals surface area (Å²) in [6, 6.07) is 8.63. The van der Waals surface area contributed by atoms with E-state index in [0.717, 1.165) is 5.57 Å². The summed E-state index contributed by atoms with van der Waals surface area (Å²) in [5, 5.41) is 45.2. The minimum Gasteiger partial charge on any atom is -0.508 e. The van der Waals surface area contributed by atoms with Crippen molar-refractivity contribution in [3.8, 4) is 22.6 Å². The molecule has 0 bridgehead atoms. The van der Waals surface area contributed by atoms with Gasteiger partial charge in [0.05, 0.1) is 29.4 Å². The number of nitrogens with one attached hydrogen (secondary N) is 1. The number of aliphatic imine (C=N–C) groups is 1. The third kappa shape index (κ3) is 7.23. The lowest BCUT2D eigenvalue weighted by molar-refractivity contribution is -0.326. The largest absolute Gasteiger partial charge is 0.508 e. The zero-order valence-electron chi connectivity index (χ0n) is 25.6. The van der Waals surface area contributed by atoms with E-state index in [2.05, 4.69) is 10.3 Å². The molecular weight excluding hydrogens is 646 g/mol. The molecule has 1 aromatic heterocycles. The fraction of sp³-hybridized carbons (Fsp3) is 0.303. The number of hydroxylamine groups is 2. The Hall–Kier alpha value is -5.39. The smallest absolute Gasteiger partial charge is 0.334 e. The van der Waals surface area contributed by atoms with E-state index >= 15 is 0 Å². The second-order valence-corrected chi connectivity index (χ2v) is 11.3. The van der Waals surface area contributed by atoms with E-state index in [1.165, 1.54) is 41.7 Å². The lowest BCUT2D eigenvalue weighted by Gasteiger charge is -2.42. The van der Waals surface area contributed by atoms with Gasteiger partial charge in [-0.25, -0.2) is 9.59 Å². The summed E-state index contributed by atoms with van der Waals surface area (Å²) >= 11 is 0. The third-order valence-electron chi connectivity index (χ3n) is 7.97. The van der Waals surface area contributed by atoms with Gasteiger partial charge in [-0.2, -0.15) is 0 Å². The van der Waals surface area contributed by atoms with Gasteiger partial charge < -0.3 is 43.8 Å². The summed E-state index contributed by atoms with van der Waals surface area (Å²) in [5.74, 6) is -2.58. The summed E-state index contributed by atoms with van der Waals surface area (Å²) in [4.78, 5) is 58.2. The number of carboxylic acids is 1. The molecule has 6 unspecified atom stereocenters. The standard InChI is InChI=1S/C33H31N3O13/c37-11-1-9-35-26(31(42)43)32(44)46-16-25-28(40)29(41)30(49-36-13-18-8-10-34-23(18)14-36)33(48-25)47-20-6-7-21-24(12-20)45-15-22(27(21)39)17-2-4-19(38)5-3-17/h2-8,10-12,14-15,25-26,28-30,33,35,38,40-41H,1,9,13,16H2,(H,42,43). The number of carboxylic acid groups (broad SMARTS) is 1. The first kappa shape index (κ1) is 33.5. The van der Waals surface area contributed by atoms with E-state index in [1.807, 2.05) is 0 Å². The Labute approximate surface area is 277 Å². The highest BCUT2D eigenvalue weighted by Gasteiger charge is 2.49. The number of phenols is 1. The summed E-state index contributed by atoms with van der Waals surface area (Å²) in [6.45, 7) is -0.490. The Bertz CT molecular complexity index is 1890. The number of nitrogens with zero attached hydrogens (tertiary/aromatic N) is 2. The molecule has 3 aliphatic heterocycles. The first-order chi connectivity index (χ1) is 23.6. The number of allylic oxidation sites excluding steroid dienone is 1. The van der Waals surface area contributed by atoms with Crippen molar-refractivity contribution in [2.45, 2.75) is 43.2 Å². The summed E-state index contributed by atoms with van der Waals surface area (Å²) in [6.07, 6.45) is -0.709. The molecule has 0 amide bonds. The number of aldehydes is 1. The molecule has 16 nitrogen and oxygen atoms in total. The van der Waals surface area contributed by atoms with Crippen LogP contribution in [0.5, 0.6) is 11.5 Å². The number of carbonyl (C=O) groups is 3. The van der Waals surface area contributed by atoms with E-state index in [1.54, 1.807) is 30.6 Å². The number of carbonyl (C=O) groups excluding carboxylic acids is 2. The molecule has 0 radical (unpaired) electrons. The molecule has 6 atom stereocenters. The maximum atomic E-state index is 13.3. The average Bonchev–Trinajstić information content (AvgIpc) is 3.68. The van der Waals surface area contributed by atoms with Crippen LogP contribution >= 0.6 is 0 Å². The lowest BCUT2D eigenvalue weighted by Crippen LogP contribution is -2.62. The van der Waals surface area contributed by atoms with E-state index in [0.29, 0.717) is 17.5 Å². The summed E-state index contributed by atoms with van der Waals surface area (Å²) in [5.41, 5.74) is 2.15. The highest BCUT2D eigenvalue weighted by molar-refractivity contribution is 5.98. The van der Waals surface area contributed by atoms with Crippen LogP contribution < -0.4 is 15.5 Å². The monoisotopic (exact) mass is 677 g/mol. The van der Waals surface area contributed by atoms with Crippen molar-refractivity contribution in [2.75, 3.05) is 19.7 Å². The van der Waals surface area contributed by atoms with Crippen molar-refractivity contribution in [3.63, 3.8) is 0 Å². The SMILES string of the molecule is O=CCCNC(C(=O)O)C(=O)OCC1OC(Oc2ccc3c(=O)c(-c4ccc(O)cc4)coc3c2)C(ON2C=C3N=CC=C3C2)C(O)C1O. The van der Waals surface area contributed by atoms with Gasteiger partial charge in [0.25, 0.3) is 0 Å². The number of fused-ring (bicyclic) bond motifs is 2. The Morgan fingerprint density at radius 1 is 1.14 bits per heavy atom. The number of rotatable bonds is 13. The number of hydrogen-bond donors (Lipinski definition) is 5. The molecule has 0 aliphatic carbocycles. The minimum atomic E-state index is -1.80. The average molecular weight is 678 g/mol. The van der Waals surface area contributed by atoms with Crippen LogP contribution in [0.3, 0.4) is 0 Å². The van der Waals surface area contributed by atoms with Gasteiger partial charge in [-0.05, 0) is 35.9 Å². The van der Waals surface area contributed by atoms with Gasteiger partial charge in [0.1, 0.15) is 54.6 Å². The zero-order valence-corrected chi connectivity index (χ0v) is 25.6. The van der Waals surface area contributed by atoms with Gasteiger partial charge >= 0.3 is 11.9 Å².